The number of ketones is 1. The zero-order chi connectivity index (χ0) is 12.3. The van der Waals surface area contributed by atoms with Crippen LogP contribution in [0.4, 0.5) is 0 Å². The molecule has 2 nitrogen and oxygen atoms in total. The van der Waals surface area contributed by atoms with Gasteiger partial charge in [-0.25, -0.2) is 0 Å². The fraction of sp³-hybridized carbons (Fsp3) is 0.929. The molecule has 0 saturated heterocycles. The molecule has 1 rings (SSSR count). The summed E-state index contributed by atoms with van der Waals surface area (Å²) in [6.45, 7) is 8.96. The van der Waals surface area contributed by atoms with E-state index >= 15 is 0 Å². The molecular weight excluding hydrogens is 198 g/mol. The highest BCUT2D eigenvalue weighted by molar-refractivity contribution is 5.85. The Morgan fingerprint density at radius 3 is 2.44 bits per heavy atom. The summed E-state index contributed by atoms with van der Waals surface area (Å²) >= 11 is 0. The molecule has 1 aliphatic carbocycles. The third-order valence-electron chi connectivity index (χ3n) is 3.76. The van der Waals surface area contributed by atoms with Crippen LogP contribution in [0.15, 0.2) is 0 Å². The Labute approximate surface area is 100 Å². The third-order valence-corrected chi connectivity index (χ3v) is 3.76. The van der Waals surface area contributed by atoms with Crippen LogP contribution in [0.1, 0.15) is 53.4 Å². The highest BCUT2D eigenvalue weighted by Gasteiger charge is 2.27. The van der Waals surface area contributed by atoms with Gasteiger partial charge in [0.25, 0.3) is 0 Å². The Kier molecular flexibility index (Phi) is 4.54. The lowest BCUT2D eigenvalue weighted by atomic mass is 9.85. The van der Waals surface area contributed by atoms with Crippen molar-refractivity contribution < 1.29 is 4.79 Å². The van der Waals surface area contributed by atoms with E-state index < -0.39 is 0 Å². The molecular formula is C14H27NO. The molecule has 0 radical (unpaired) electrons. The van der Waals surface area contributed by atoms with E-state index in [0.717, 1.165) is 5.92 Å². The van der Waals surface area contributed by atoms with Gasteiger partial charge in [-0.1, -0.05) is 40.5 Å². The first-order valence-corrected chi connectivity index (χ1v) is 6.54. The summed E-state index contributed by atoms with van der Waals surface area (Å²) in [5.41, 5.74) is -0.200. The first kappa shape index (κ1) is 13.7. The molecule has 2 heteroatoms. The minimum Gasteiger partial charge on any atom is -0.298 e. The molecule has 0 bridgehead atoms. The molecule has 0 heterocycles. The van der Waals surface area contributed by atoms with Gasteiger partial charge in [-0.05, 0) is 25.8 Å². The monoisotopic (exact) mass is 225 g/mol. The number of carbonyl (C=O) groups is 1. The summed E-state index contributed by atoms with van der Waals surface area (Å²) in [7, 11) is 2.10. The molecule has 1 aliphatic rings. The van der Waals surface area contributed by atoms with Crippen LogP contribution in [0.5, 0.6) is 0 Å². The van der Waals surface area contributed by atoms with Gasteiger partial charge in [0.05, 0.1) is 6.54 Å². The molecule has 16 heavy (non-hydrogen) atoms. The quantitative estimate of drug-likeness (QED) is 0.735. The first-order valence-electron chi connectivity index (χ1n) is 6.54. The number of hydrogen-bond acceptors (Lipinski definition) is 2. The summed E-state index contributed by atoms with van der Waals surface area (Å²) in [6, 6.07) is 0.620. The fourth-order valence-electron chi connectivity index (χ4n) is 2.40. The van der Waals surface area contributed by atoms with Gasteiger partial charge in [-0.3, -0.25) is 9.69 Å². The van der Waals surface area contributed by atoms with Gasteiger partial charge in [-0.2, -0.15) is 0 Å². The highest BCUT2D eigenvalue weighted by Crippen LogP contribution is 2.27. The second kappa shape index (κ2) is 5.31. The summed E-state index contributed by atoms with van der Waals surface area (Å²) < 4.78 is 0. The Hall–Kier alpha value is -0.370. The summed E-state index contributed by atoms with van der Waals surface area (Å²) in [5, 5.41) is 0. The predicted molar refractivity (Wildman–Crippen MR) is 68.5 cm³/mol. The Balaban J connectivity index is 2.45. The minimum absolute atomic E-state index is 0.200. The molecule has 2 unspecified atom stereocenters. The van der Waals surface area contributed by atoms with Crippen molar-refractivity contribution in [3.63, 3.8) is 0 Å². The second-order valence-corrected chi connectivity index (χ2v) is 6.51. The van der Waals surface area contributed by atoms with E-state index in [1.54, 1.807) is 0 Å². The van der Waals surface area contributed by atoms with Crippen molar-refractivity contribution >= 4 is 5.78 Å². The van der Waals surface area contributed by atoms with Crippen molar-refractivity contribution in [1.82, 2.24) is 4.90 Å². The van der Waals surface area contributed by atoms with Crippen LogP contribution in [0, 0.1) is 11.3 Å². The SMILES string of the molecule is CC1CCCC(N(C)CC(=O)C(C)(C)C)C1. The van der Waals surface area contributed by atoms with Gasteiger partial charge in [0.15, 0.2) is 5.78 Å². The van der Waals surface area contributed by atoms with Crippen LogP contribution in [-0.4, -0.2) is 30.3 Å². The molecule has 2 atom stereocenters. The Bertz CT molecular complexity index is 242. The topological polar surface area (TPSA) is 20.3 Å². The van der Waals surface area contributed by atoms with Crippen LogP contribution in [0.25, 0.3) is 0 Å². The molecule has 0 aromatic rings. The number of carbonyl (C=O) groups excluding carboxylic acids is 1. The maximum absolute atomic E-state index is 12.0. The van der Waals surface area contributed by atoms with Crippen LogP contribution in [0.3, 0.4) is 0 Å². The average molecular weight is 225 g/mol. The van der Waals surface area contributed by atoms with E-state index in [1.165, 1.54) is 25.7 Å². The average Bonchev–Trinajstić information content (AvgIpc) is 2.16. The zero-order valence-electron chi connectivity index (χ0n) is 11.5. The van der Waals surface area contributed by atoms with Gasteiger partial charge in [0, 0.05) is 11.5 Å². The van der Waals surface area contributed by atoms with Crippen molar-refractivity contribution in [2.75, 3.05) is 13.6 Å². The van der Waals surface area contributed by atoms with Gasteiger partial charge < -0.3 is 0 Å². The van der Waals surface area contributed by atoms with Gasteiger partial charge in [-0.15, -0.1) is 0 Å². The van der Waals surface area contributed by atoms with E-state index in [-0.39, 0.29) is 5.41 Å². The number of nitrogens with zero attached hydrogens (tertiary/aromatic N) is 1. The minimum atomic E-state index is -0.200. The van der Waals surface area contributed by atoms with Crippen LogP contribution in [-0.2, 0) is 4.79 Å². The highest BCUT2D eigenvalue weighted by atomic mass is 16.1. The summed E-state index contributed by atoms with van der Waals surface area (Å²) in [5.74, 6) is 1.18. The van der Waals surface area contributed by atoms with Crippen molar-refractivity contribution in [2.45, 2.75) is 59.4 Å². The fourth-order valence-corrected chi connectivity index (χ4v) is 2.40. The van der Waals surface area contributed by atoms with E-state index in [0.29, 0.717) is 18.4 Å². The largest absolute Gasteiger partial charge is 0.298 e. The van der Waals surface area contributed by atoms with E-state index in [9.17, 15) is 4.79 Å². The number of hydrogen-bond donors (Lipinski definition) is 0. The molecule has 0 aromatic carbocycles. The van der Waals surface area contributed by atoms with Crippen LogP contribution in [0.2, 0.25) is 0 Å². The van der Waals surface area contributed by atoms with Gasteiger partial charge in [0.1, 0.15) is 0 Å². The second-order valence-electron chi connectivity index (χ2n) is 6.51. The van der Waals surface area contributed by atoms with Crippen molar-refractivity contribution in [3.8, 4) is 0 Å². The van der Waals surface area contributed by atoms with Crippen LogP contribution >= 0.6 is 0 Å². The Morgan fingerprint density at radius 1 is 1.31 bits per heavy atom. The number of Topliss-reactive ketones (excluding diaryl/α,β-unsaturated/α-hetero) is 1. The summed E-state index contributed by atoms with van der Waals surface area (Å²) in [4.78, 5) is 14.2. The zero-order valence-corrected chi connectivity index (χ0v) is 11.5. The maximum atomic E-state index is 12.0. The lowest BCUT2D eigenvalue weighted by molar-refractivity contribution is -0.127. The van der Waals surface area contributed by atoms with E-state index in [1.807, 2.05) is 20.8 Å². The smallest absolute Gasteiger partial charge is 0.152 e. The predicted octanol–water partition coefficient (Wildman–Crippen LogP) is 3.11. The Morgan fingerprint density at radius 2 is 1.94 bits per heavy atom. The van der Waals surface area contributed by atoms with Crippen molar-refractivity contribution in [3.05, 3.63) is 0 Å². The third kappa shape index (κ3) is 3.89. The standard InChI is InChI=1S/C14H27NO/c1-11-7-6-8-12(9-11)15(5)10-13(16)14(2,3)4/h11-12H,6-10H2,1-5H3. The molecule has 0 N–H and O–H groups in total. The molecule has 1 fully saturated rings. The molecule has 0 amide bonds. The van der Waals surface area contributed by atoms with Crippen LogP contribution < -0.4 is 0 Å². The lowest BCUT2D eigenvalue weighted by Gasteiger charge is -2.34. The number of rotatable bonds is 3. The molecule has 0 aromatic heterocycles. The normalized spacial score (nSPS) is 27.1. The maximum Gasteiger partial charge on any atom is 0.152 e. The number of likely N-dealkylation sites (N-methyl/N-ethyl adjacent to an activating group) is 1. The molecule has 94 valence electrons. The van der Waals surface area contributed by atoms with Gasteiger partial charge in [0.2, 0.25) is 0 Å². The van der Waals surface area contributed by atoms with Crippen molar-refractivity contribution in [1.29, 1.82) is 0 Å². The van der Waals surface area contributed by atoms with Crippen molar-refractivity contribution in [2.24, 2.45) is 11.3 Å². The summed E-state index contributed by atoms with van der Waals surface area (Å²) in [6.07, 6.45) is 5.20. The molecule has 1 saturated carbocycles. The molecule has 0 spiro atoms. The first-order chi connectivity index (χ1) is 7.30. The lowest BCUT2D eigenvalue weighted by Crippen LogP contribution is -2.41. The van der Waals surface area contributed by atoms with E-state index in [2.05, 4.69) is 18.9 Å². The molecule has 0 aliphatic heterocycles. The van der Waals surface area contributed by atoms with Gasteiger partial charge >= 0.3 is 0 Å². The van der Waals surface area contributed by atoms with E-state index in [4.69, 9.17) is 0 Å².